The van der Waals surface area contributed by atoms with Crippen molar-refractivity contribution in [3.63, 3.8) is 0 Å². The number of alkyl halides is 3. The average Bonchev–Trinajstić information content (AvgIpc) is 2.42. The van der Waals surface area contributed by atoms with Crippen LogP contribution in [0.15, 0.2) is 4.47 Å². The molecule has 1 rings (SSSR count). The number of hydrogen-bond acceptors (Lipinski definition) is 4. The van der Waals surface area contributed by atoms with Crippen LogP contribution in [0, 0.1) is 0 Å². The maximum atomic E-state index is 11.9. The van der Waals surface area contributed by atoms with E-state index in [9.17, 15) is 18.0 Å². The molecule has 0 fully saturated rings. The Morgan fingerprint density at radius 2 is 2.19 bits per heavy atom. The summed E-state index contributed by atoms with van der Waals surface area (Å²) in [4.78, 5) is 10.1. The molecule has 0 atom stereocenters. The highest BCUT2D eigenvalue weighted by Gasteiger charge is 2.30. The maximum absolute atomic E-state index is 11.9. The van der Waals surface area contributed by atoms with Crippen molar-refractivity contribution >= 4 is 22.4 Å². The Morgan fingerprint density at radius 1 is 1.56 bits per heavy atom. The summed E-state index contributed by atoms with van der Waals surface area (Å²) in [6, 6.07) is 0. The first-order valence-electron chi connectivity index (χ1n) is 3.87. The summed E-state index contributed by atoms with van der Waals surface area (Å²) >= 11 is 2.91. The van der Waals surface area contributed by atoms with E-state index < -0.39 is 12.8 Å². The van der Waals surface area contributed by atoms with Crippen LogP contribution in [0.2, 0.25) is 0 Å². The smallest absolute Gasteiger partial charge is 0.422 e. The second-order valence-corrected chi connectivity index (χ2v) is 3.46. The fourth-order valence-electron chi connectivity index (χ4n) is 0.875. The van der Waals surface area contributed by atoms with Gasteiger partial charge < -0.3 is 9.47 Å². The third-order valence-electron chi connectivity index (χ3n) is 1.44. The molecule has 0 radical (unpaired) electrons. The minimum Gasteiger partial charge on any atom is -0.466 e. The molecule has 1 heterocycles. The number of hydrogen-bond donors (Lipinski definition) is 0. The number of halogens is 4. The Kier molecular flexibility index (Phi) is 3.79. The summed E-state index contributed by atoms with van der Waals surface area (Å²) in [5.41, 5.74) is 0. The lowest BCUT2D eigenvalue weighted by atomic mass is 10.6. The molecule has 90 valence electrons. The van der Waals surface area contributed by atoms with Crippen LogP contribution in [0.4, 0.5) is 13.2 Å². The quantitative estimate of drug-likeness (QED) is 0.794. The summed E-state index contributed by atoms with van der Waals surface area (Å²) < 4.78 is 45.6. The topological polar surface area (TPSA) is 53.4 Å². The Labute approximate surface area is 96.3 Å². The van der Waals surface area contributed by atoms with Gasteiger partial charge >= 0.3 is 6.18 Å². The molecule has 5 nitrogen and oxygen atoms in total. The summed E-state index contributed by atoms with van der Waals surface area (Å²) in [5.74, 6) is -0.330. The van der Waals surface area contributed by atoms with Gasteiger partial charge in [0.2, 0.25) is 5.88 Å². The van der Waals surface area contributed by atoms with E-state index in [1.807, 2.05) is 0 Å². The van der Waals surface area contributed by atoms with Crippen LogP contribution >= 0.6 is 15.9 Å². The molecule has 0 saturated heterocycles. The molecule has 0 unspecified atom stereocenters. The lowest BCUT2D eigenvalue weighted by Gasteiger charge is -2.06. The zero-order chi connectivity index (χ0) is 12.3. The van der Waals surface area contributed by atoms with Crippen molar-refractivity contribution in [3.8, 4) is 11.8 Å². The molecule has 0 aliphatic heterocycles. The molecule has 0 N–H and O–H groups in total. The molecule has 0 aliphatic rings. The van der Waals surface area contributed by atoms with Gasteiger partial charge in [-0.2, -0.15) is 13.2 Å². The molecule has 1 aromatic rings. The van der Waals surface area contributed by atoms with Crippen molar-refractivity contribution in [3.05, 3.63) is 4.47 Å². The average molecular weight is 303 g/mol. The van der Waals surface area contributed by atoms with Gasteiger partial charge in [0, 0.05) is 7.05 Å². The number of aryl methyl sites for hydroxylation is 1. The summed E-state index contributed by atoms with van der Waals surface area (Å²) in [7, 11) is 1.39. The van der Waals surface area contributed by atoms with E-state index in [2.05, 4.69) is 30.5 Å². The maximum Gasteiger partial charge on any atom is 0.422 e. The lowest BCUT2D eigenvalue weighted by molar-refractivity contribution is -0.154. The van der Waals surface area contributed by atoms with Gasteiger partial charge in [-0.15, -0.1) is 5.10 Å². The van der Waals surface area contributed by atoms with E-state index in [4.69, 9.17) is 0 Å². The first kappa shape index (κ1) is 12.8. The van der Waals surface area contributed by atoms with Gasteiger partial charge in [-0.1, -0.05) is 0 Å². The van der Waals surface area contributed by atoms with Gasteiger partial charge in [0.25, 0.3) is 12.4 Å². The van der Waals surface area contributed by atoms with E-state index in [-0.39, 0.29) is 22.7 Å². The lowest BCUT2D eigenvalue weighted by Crippen LogP contribution is -2.19. The van der Waals surface area contributed by atoms with Crippen LogP contribution in [0.5, 0.6) is 11.8 Å². The van der Waals surface area contributed by atoms with Gasteiger partial charge in [-0.3, -0.25) is 4.79 Å². The van der Waals surface area contributed by atoms with Gasteiger partial charge in [0.05, 0.1) is 0 Å². The second-order valence-electron chi connectivity index (χ2n) is 2.67. The molecule has 0 spiro atoms. The molecule has 0 saturated carbocycles. The van der Waals surface area contributed by atoms with Crippen molar-refractivity contribution in [2.45, 2.75) is 6.18 Å². The van der Waals surface area contributed by atoms with Crippen molar-refractivity contribution in [2.24, 2.45) is 7.05 Å². The molecule has 1 aromatic heterocycles. The molecular weight excluding hydrogens is 297 g/mol. The molecule has 0 bridgehead atoms. The van der Waals surface area contributed by atoms with Crippen molar-refractivity contribution in [1.29, 1.82) is 0 Å². The van der Waals surface area contributed by atoms with E-state index >= 15 is 0 Å². The van der Waals surface area contributed by atoms with Crippen LogP contribution in [-0.2, 0) is 11.8 Å². The predicted molar refractivity (Wildman–Crippen MR) is 49.2 cm³/mol. The van der Waals surface area contributed by atoms with E-state index in [1.54, 1.807) is 0 Å². The fraction of sp³-hybridized carbons (Fsp3) is 0.429. The van der Waals surface area contributed by atoms with E-state index in [0.717, 1.165) is 4.68 Å². The Morgan fingerprint density at radius 3 is 2.69 bits per heavy atom. The largest absolute Gasteiger partial charge is 0.466 e. The monoisotopic (exact) mass is 302 g/mol. The van der Waals surface area contributed by atoms with Crippen LogP contribution < -0.4 is 9.47 Å². The number of carbonyl (C=O) groups excluding carboxylic acids is 1. The van der Waals surface area contributed by atoms with Crippen molar-refractivity contribution in [1.82, 2.24) is 9.78 Å². The Bertz CT molecular complexity index is 391. The van der Waals surface area contributed by atoms with Gasteiger partial charge in [-0.05, 0) is 15.9 Å². The zero-order valence-electron chi connectivity index (χ0n) is 7.92. The zero-order valence-corrected chi connectivity index (χ0v) is 9.50. The highest BCUT2D eigenvalue weighted by atomic mass is 79.9. The minimum absolute atomic E-state index is 0.0350. The van der Waals surface area contributed by atoms with Crippen molar-refractivity contribution < 1.29 is 27.4 Å². The molecule has 16 heavy (non-hydrogen) atoms. The van der Waals surface area contributed by atoms with Crippen LogP contribution in [0.3, 0.4) is 0 Å². The normalized spacial score (nSPS) is 11.3. The highest BCUT2D eigenvalue weighted by molar-refractivity contribution is 9.10. The summed E-state index contributed by atoms with van der Waals surface area (Å²) in [6.07, 6.45) is -4.46. The summed E-state index contributed by atoms with van der Waals surface area (Å²) in [5, 5.41) is 3.60. The fourth-order valence-corrected chi connectivity index (χ4v) is 1.42. The second kappa shape index (κ2) is 4.73. The van der Waals surface area contributed by atoms with E-state index in [1.165, 1.54) is 7.05 Å². The molecular formula is C7H6BrF3N2O3. The van der Waals surface area contributed by atoms with Gasteiger partial charge in [0.15, 0.2) is 6.61 Å². The first-order valence-corrected chi connectivity index (χ1v) is 4.67. The third-order valence-corrected chi connectivity index (χ3v) is 2.12. The van der Waals surface area contributed by atoms with E-state index in [0.29, 0.717) is 0 Å². The molecule has 9 heteroatoms. The van der Waals surface area contributed by atoms with Gasteiger partial charge in [0.1, 0.15) is 4.47 Å². The Hall–Kier alpha value is -1.25. The third kappa shape index (κ3) is 3.12. The highest BCUT2D eigenvalue weighted by Crippen LogP contribution is 2.33. The number of ether oxygens (including phenoxy) is 2. The van der Waals surface area contributed by atoms with Crippen LogP contribution in [-0.4, -0.2) is 29.0 Å². The first-order chi connectivity index (χ1) is 7.35. The van der Waals surface area contributed by atoms with Gasteiger partial charge in [-0.25, -0.2) is 4.68 Å². The van der Waals surface area contributed by atoms with Crippen molar-refractivity contribution in [2.75, 3.05) is 6.61 Å². The standard InChI is InChI=1S/C7H6BrF3N2O3/c1-13-6(16-3-14)4(8)5(12-13)15-2-7(9,10)11/h3H,2H2,1H3. The molecule has 0 aliphatic carbocycles. The van der Waals surface area contributed by atoms with Crippen LogP contribution in [0.1, 0.15) is 0 Å². The number of nitrogens with zero attached hydrogens (tertiary/aromatic N) is 2. The SMILES string of the molecule is Cn1nc(OCC(F)(F)F)c(Br)c1OC=O. The minimum atomic E-state index is -4.46. The number of aromatic nitrogens is 2. The Balaban J connectivity index is 2.82. The number of carbonyl (C=O) groups is 1. The predicted octanol–water partition coefficient (Wildman–Crippen LogP) is 1.66. The summed E-state index contributed by atoms with van der Waals surface area (Å²) in [6.45, 7) is -1.33. The number of rotatable bonds is 4. The van der Waals surface area contributed by atoms with Crippen LogP contribution in [0.25, 0.3) is 0 Å². The molecule has 0 aromatic carbocycles. The molecule has 0 amide bonds.